The molecule has 1 saturated carbocycles. The summed E-state index contributed by atoms with van der Waals surface area (Å²) in [5.41, 5.74) is -0.0117. The molecular weight excluding hydrogens is 266 g/mol. The molecule has 2 rings (SSSR count). The van der Waals surface area contributed by atoms with Crippen molar-refractivity contribution in [2.75, 3.05) is 14.2 Å². The molecule has 21 heavy (non-hydrogen) atoms. The van der Waals surface area contributed by atoms with Crippen LogP contribution in [0.3, 0.4) is 0 Å². The number of hydrogen-bond donors (Lipinski definition) is 1. The van der Waals surface area contributed by atoms with E-state index < -0.39 is 11.5 Å². The third kappa shape index (κ3) is 2.98. The van der Waals surface area contributed by atoms with Gasteiger partial charge in [0.2, 0.25) is 0 Å². The largest absolute Gasteiger partial charge is 0.497 e. The Balaban J connectivity index is 2.34. The molecule has 0 radical (unpaired) electrons. The normalized spacial score (nSPS) is 26.1. The first-order chi connectivity index (χ1) is 10.1. The van der Waals surface area contributed by atoms with Crippen molar-refractivity contribution in [1.82, 2.24) is 0 Å². The molecule has 0 aromatic heterocycles. The molecule has 0 heterocycles. The van der Waals surface area contributed by atoms with Gasteiger partial charge in [-0.2, -0.15) is 5.26 Å². The second-order valence-corrected chi connectivity index (χ2v) is 5.83. The lowest BCUT2D eigenvalue weighted by Gasteiger charge is -2.28. The summed E-state index contributed by atoms with van der Waals surface area (Å²) < 4.78 is 10.5. The van der Waals surface area contributed by atoms with E-state index in [0.29, 0.717) is 23.0 Å². The van der Waals surface area contributed by atoms with Crippen LogP contribution < -0.4 is 9.47 Å². The van der Waals surface area contributed by atoms with Gasteiger partial charge in [0, 0.05) is 6.07 Å². The van der Waals surface area contributed by atoms with Crippen molar-refractivity contribution in [3.63, 3.8) is 0 Å². The van der Waals surface area contributed by atoms with Crippen molar-refractivity contribution in [1.29, 1.82) is 5.26 Å². The van der Waals surface area contributed by atoms with Gasteiger partial charge in [-0.05, 0) is 42.9 Å². The highest BCUT2D eigenvalue weighted by Crippen LogP contribution is 2.51. The van der Waals surface area contributed by atoms with Crippen LogP contribution >= 0.6 is 0 Å². The van der Waals surface area contributed by atoms with Crippen molar-refractivity contribution in [3.8, 4) is 17.6 Å². The van der Waals surface area contributed by atoms with Gasteiger partial charge in [-0.3, -0.25) is 0 Å². The van der Waals surface area contributed by atoms with Crippen LogP contribution in [0.25, 0.3) is 0 Å². The van der Waals surface area contributed by atoms with E-state index in [4.69, 9.17) is 9.47 Å². The van der Waals surface area contributed by atoms with Crippen LogP contribution in [0.4, 0.5) is 0 Å². The van der Waals surface area contributed by atoms with E-state index in [0.717, 1.165) is 25.7 Å². The first kappa shape index (κ1) is 15.7. The molecule has 1 fully saturated rings. The summed E-state index contributed by atoms with van der Waals surface area (Å²) in [4.78, 5) is 0. The molecule has 4 heteroatoms. The summed E-state index contributed by atoms with van der Waals surface area (Å²) in [6.07, 6.45) is 2.73. The number of hydrogen-bond acceptors (Lipinski definition) is 4. The van der Waals surface area contributed by atoms with Gasteiger partial charge < -0.3 is 14.6 Å². The predicted octanol–water partition coefficient (Wildman–Crippen LogP) is 3.46. The molecule has 1 aliphatic rings. The Hall–Kier alpha value is -1.73. The first-order valence-electron chi connectivity index (χ1n) is 7.40. The van der Waals surface area contributed by atoms with Gasteiger partial charge in [0.25, 0.3) is 0 Å². The second-order valence-electron chi connectivity index (χ2n) is 5.83. The van der Waals surface area contributed by atoms with Crippen LogP contribution in [-0.2, 0) is 0 Å². The lowest BCUT2D eigenvalue weighted by atomic mass is 9.77. The van der Waals surface area contributed by atoms with Gasteiger partial charge in [-0.1, -0.05) is 13.3 Å². The molecule has 1 aromatic rings. The number of rotatable bonds is 5. The Morgan fingerprint density at radius 1 is 1.33 bits per heavy atom. The SMILES string of the molecule is CCC1CCC(C#N)(C(O)c2cc(OC)cc(OC)c2)C1. The van der Waals surface area contributed by atoms with Crippen LogP contribution in [0.2, 0.25) is 0 Å². The monoisotopic (exact) mass is 289 g/mol. The fourth-order valence-electron chi connectivity index (χ4n) is 3.25. The van der Waals surface area contributed by atoms with Crippen LogP contribution in [0.15, 0.2) is 18.2 Å². The Bertz CT molecular complexity index is 515. The average Bonchev–Trinajstić information content (AvgIpc) is 2.98. The quantitative estimate of drug-likeness (QED) is 0.901. The topological polar surface area (TPSA) is 62.5 Å². The van der Waals surface area contributed by atoms with E-state index in [1.807, 2.05) is 0 Å². The van der Waals surface area contributed by atoms with Crippen molar-refractivity contribution in [3.05, 3.63) is 23.8 Å². The molecule has 3 unspecified atom stereocenters. The van der Waals surface area contributed by atoms with E-state index in [9.17, 15) is 10.4 Å². The van der Waals surface area contributed by atoms with Gasteiger partial charge in [0.15, 0.2) is 0 Å². The maximum absolute atomic E-state index is 10.8. The van der Waals surface area contributed by atoms with Gasteiger partial charge in [-0.25, -0.2) is 0 Å². The summed E-state index contributed by atoms with van der Waals surface area (Å²) in [5.74, 6) is 1.77. The molecule has 3 atom stereocenters. The zero-order valence-electron chi connectivity index (χ0n) is 12.9. The average molecular weight is 289 g/mol. The minimum atomic E-state index is -0.817. The Kier molecular flexibility index (Phi) is 4.74. The number of aliphatic hydroxyl groups excluding tert-OH is 1. The van der Waals surface area contributed by atoms with Crippen LogP contribution in [0, 0.1) is 22.7 Å². The molecule has 4 nitrogen and oxygen atoms in total. The molecule has 0 saturated heterocycles. The highest BCUT2D eigenvalue weighted by atomic mass is 16.5. The summed E-state index contributed by atoms with van der Waals surface area (Å²) in [6, 6.07) is 7.71. The van der Waals surface area contributed by atoms with Gasteiger partial charge in [0.1, 0.15) is 11.5 Å². The maximum Gasteiger partial charge on any atom is 0.122 e. The summed E-state index contributed by atoms with van der Waals surface area (Å²) >= 11 is 0. The standard InChI is InChI=1S/C17H23NO3/c1-4-12-5-6-17(10-12,11-18)16(19)13-7-14(20-2)9-15(8-13)21-3/h7-9,12,16,19H,4-6,10H2,1-3H3. The number of methoxy groups -OCH3 is 2. The minimum Gasteiger partial charge on any atom is -0.497 e. The van der Waals surface area contributed by atoms with E-state index in [1.165, 1.54) is 0 Å². The third-order valence-corrected chi connectivity index (χ3v) is 4.66. The van der Waals surface area contributed by atoms with Crippen molar-refractivity contribution >= 4 is 0 Å². The zero-order chi connectivity index (χ0) is 15.5. The van der Waals surface area contributed by atoms with Gasteiger partial charge in [0.05, 0.1) is 31.8 Å². The van der Waals surface area contributed by atoms with Crippen LogP contribution in [0.1, 0.15) is 44.3 Å². The van der Waals surface area contributed by atoms with Gasteiger partial charge >= 0.3 is 0 Å². The number of ether oxygens (including phenoxy) is 2. The van der Waals surface area contributed by atoms with Crippen molar-refractivity contribution < 1.29 is 14.6 Å². The number of benzene rings is 1. The summed E-state index contributed by atoms with van der Waals surface area (Å²) in [5, 5.41) is 20.4. The van der Waals surface area contributed by atoms with Crippen LogP contribution in [0.5, 0.6) is 11.5 Å². The van der Waals surface area contributed by atoms with Crippen molar-refractivity contribution in [2.24, 2.45) is 11.3 Å². The Morgan fingerprint density at radius 3 is 2.38 bits per heavy atom. The fourth-order valence-corrected chi connectivity index (χ4v) is 3.25. The van der Waals surface area contributed by atoms with E-state index in [-0.39, 0.29) is 0 Å². The molecule has 0 amide bonds. The van der Waals surface area contributed by atoms with E-state index in [1.54, 1.807) is 32.4 Å². The number of aliphatic hydroxyl groups is 1. The molecule has 1 aromatic carbocycles. The van der Waals surface area contributed by atoms with Crippen molar-refractivity contribution in [2.45, 2.75) is 38.7 Å². The first-order valence-corrected chi connectivity index (χ1v) is 7.40. The minimum absolute atomic E-state index is 0.520. The lowest BCUT2D eigenvalue weighted by Crippen LogP contribution is -2.24. The Labute approximate surface area is 126 Å². The zero-order valence-corrected chi connectivity index (χ0v) is 12.9. The molecular formula is C17H23NO3. The Morgan fingerprint density at radius 2 is 1.95 bits per heavy atom. The number of nitrogens with zero attached hydrogens (tertiary/aromatic N) is 1. The lowest BCUT2D eigenvalue weighted by molar-refractivity contribution is 0.0637. The molecule has 0 spiro atoms. The second kappa shape index (κ2) is 6.36. The smallest absolute Gasteiger partial charge is 0.122 e. The molecule has 0 bridgehead atoms. The highest BCUT2D eigenvalue weighted by molar-refractivity contribution is 5.40. The van der Waals surface area contributed by atoms with E-state index >= 15 is 0 Å². The summed E-state index contributed by atoms with van der Waals surface area (Å²) in [6.45, 7) is 2.14. The summed E-state index contributed by atoms with van der Waals surface area (Å²) in [7, 11) is 3.15. The third-order valence-electron chi connectivity index (χ3n) is 4.66. The highest BCUT2D eigenvalue weighted by Gasteiger charge is 2.45. The van der Waals surface area contributed by atoms with E-state index in [2.05, 4.69) is 13.0 Å². The molecule has 1 aliphatic carbocycles. The molecule has 114 valence electrons. The fraction of sp³-hybridized carbons (Fsp3) is 0.588. The number of nitriles is 1. The molecule has 1 N–H and O–H groups in total. The van der Waals surface area contributed by atoms with Gasteiger partial charge in [-0.15, -0.1) is 0 Å². The predicted molar refractivity (Wildman–Crippen MR) is 80.2 cm³/mol. The maximum atomic E-state index is 10.8. The molecule has 0 aliphatic heterocycles. The van der Waals surface area contributed by atoms with Crippen LogP contribution in [-0.4, -0.2) is 19.3 Å².